The maximum Gasteiger partial charge on any atom is 0.342 e. The molecule has 0 amide bonds. The number of aliphatic hydroxyl groups is 1. The predicted octanol–water partition coefficient (Wildman–Crippen LogP) is 3.70. The van der Waals surface area contributed by atoms with E-state index in [2.05, 4.69) is 10.3 Å². The third-order valence-electron chi connectivity index (χ3n) is 6.01. The Labute approximate surface area is 196 Å². The predicted molar refractivity (Wildman–Crippen MR) is 126 cm³/mol. The maximum absolute atomic E-state index is 13.2. The fourth-order valence-electron chi connectivity index (χ4n) is 4.14. The number of fused-ring (bicyclic) bond motifs is 1. The van der Waals surface area contributed by atoms with E-state index in [0.717, 1.165) is 11.3 Å². The van der Waals surface area contributed by atoms with Gasteiger partial charge in [-0.3, -0.25) is 0 Å². The van der Waals surface area contributed by atoms with Crippen LogP contribution in [0.2, 0.25) is 0 Å². The molecule has 5 rings (SSSR count). The smallest absolute Gasteiger partial charge is 0.342 e. The molecule has 1 atom stereocenters. The lowest BCUT2D eigenvalue weighted by Crippen LogP contribution is -2.29. The molecule has 0 bridgehead atoms. The second-order valence-electron chi connectivity index (χ2n) is 8.32. The molecule has 3 aromatic carbocycles. The number of hydrogen-bond donors (Lipinski definition) is 1. The molecule has 4 aromatic rings. The van der Waals surface area contributed by atoms with Gasteiger partial charge in [0, 0.05) is 37.3 Å². The zero-order valence-corrected chi connectivity index (χ0v) is 19.0. The SMILES string of the molecule is COc1ccc(C2(O)OC(=O)C(c3ccc4nonc4c3)=C2Cc2ccc(N(C)C)cc2)cc1. The Morgan fingerprint density at radius 2 is 1.68 bits per heavy atom. The molecule has 0 aliphatic carbocycles. The minimum atomic E-state index is -1.93. The van der Waals surface area contributed by atoms with Gasteiger partial charge in [0.05, 0.1) is 12.7 Å². The van der Waals surface area contributed by atoms with Gasteiger partial charge in [-0.25, -0.2) is 9.42 Å². The van der Waals surface area contributed by atoms with Crippen LogP contribution in [0.5, 0.6) is 5.75 Å². The van der Waals surface area contributed by atoms with Gasteiger partial charge in [-0.15, -0.1) is 0 Å². The number of methoxy groups -OCH3 is 1. The molecule has 8 nitrogen and oxygen atoms in total. The lowest BCUT2D eigenvalue weighted by molar-refractivity contribution is -0.185. The van der Waals surface area contributed by atoms with E-state index in [1.54, 1.807) is 49.6 Å². The van der Waals surface area contributed by atoms with E-state index in [0.29, 0.717) is 45.5 Å². The van der Waals surface area contributed by atoms with Crippen LogP contribution >= 0.6 is 0 Å². The molecular weight excluding hydrogens is 434 g/mol. The van der Waals surface area contributed by atoms with Crippen molar-refractivity contribution in [2.24, 2.45) is 0 Å². The van der Waals surface area contributed by atoms with Crippen LogP contribution in [-0.4, -0.2) is 42.6 Å². The number of hydrogen-bond acceptors (Lipinski definition) is 8. The van der Waals surface area contributed by atoms with E-state index in [-0.39, 0.29) is 0 Å². The van der Waals surface area contributed by atoms with Gasteiger partial charge >= 0.3 is 5.97 Å². The molecule has 0 radical (unpaired) electrons. The van der Waals surface area contributed by atoms with Crippen molar-refractivity contribution in [3.05, 3.63) is 89.0 Å². The van der Waals surface area contributed by atoms with E-state index in [1.165, 1.54) is 0 Å². The van der Waals surface area contributed by atoms with Gasteiger partial charge in [0.15, 0.2) is 0 Å². The minimum Gasteiger partial charge on any atom is -0.497 e. The van der Waals surface area contributed by atoms with Crippen molar-refractivity contribution < 1.29 is 24.0 Å². The summed E-state index contributed by atoms with van der Waals surface area (Å²) < 4.78 is 15.7. The fraction of sp³-hybridized carbons (Fsp3) is 0.192. The summed E-state index contributed by atoms with van der Waals surface area (Å²) in [4.78, 5) is 15.2. The first-order chi connectivity index (χ1) is 16.4. The number of ether oxygens (including phenoxy) is 2. The summed E-state index contributed by atoms with van der Waals surface area (Å²) in [5.41, 5.74) is 4.78. The monoisotopic (exact) mass is 457 g/mol. The largest absolute Gasteiger partial charge is 0.497 e. The average Bonchev–Trinajstić information content (AvgIpc) is 3.41. The van der Waals surface area contributed by atoms with E-state index < -0.39 is 11.8 Å². The Balaban J connectivity index is 1.65. The highest BCUT2D eigenvalue weighted by atomic mass is 16.7. The highest BCUT2D eigenvalue weighted by Gasteiger charge is 2.48. The summed E-state index contributed by atoms with van der Waals surface area (Å²) >= 11 is 0. The second kappa shape index (κ2) is 8.31. The molecule has 1 N–H and O–H groups in total. The third kappa shape index (κ3) is 3.68. The average molecular weight is 457 g/mol. The van der Waals surface area contributed by atoms with Crippen LogP contribution in [0, 0.1) is 0 Å². The molecule has 2 heterocycles. The summed E-state index contributed by atoms with van der Waals surface area (Å²) in [6.07, 6.45) is 0.298. The molecule has 0 saturated carbocycles. The van der Waals surface area contributed by atoms with Gasteiger partial charge in [-0.1, -0.05) is 18.2 Å². The fourth-order valence-corrected chi connectivity index (χ4v) is 4.14. The van der Waals surface area contributed by atoms with Crippen LogP contribution in [-0.2, 0) is 21.7 Å². The first kappa shape index (κ1) is 21.7. The Kier molecular flexibility index (Phi) is 5.30. The molecule has 0 saturated heterocycles. The topological polar surface area (TPSA) is 97.9 Å². The van der Waals surface area contributed by atoms with E-state index in [1.807, 2.05) is 43.3 Å². The Bertz CT molecular complexity index is 1390. The Morgan fingerprint density at radius 3 is 2.35 bits per heavy atom. The summed E-state index contributed by atoms with van der Waals surface area (Å²) in [7, 11) is 5.50. The van der Waals surface area contributed by atoms with Gasteiger partial charge in [0.1, 0.15) is 16.8 Å². The summed E-state index contributed by atoms with van der Waals surface area (Å²) in [5.74, 6) is -1.92. The van der Waals surface area contributed by atoms with Crippen molar-refractivity contribution >= 4 is 28.3 Å². The second-order valence-corrected chi connectivity index (χ2v) is 8.32. The molecule has 8 heteroatoms. The number of aromatic nitrogens is 2. The first-order valence-electron chi connectivity index (χ1n) is 10.7. The number of nitrogens with zero attached hydrogens (tertiary/aromatic N) is 3. The van der Waals surface area contributed by atoms with Crippen LogP contribution in [0.25, 0.3) is 16.6 Å². The van der Waals surface area contributed by atoms with Gasteiger partial charge in [0.25, 0.3) is 5.79 Å². The molecule has 1 aliphatic heterocycles. The molecule has 0 spiro atoms. The molecule has 34 heavy (non-hydrogen) atoms. The number of anilines is 1. The lowest BCUT2D eigenvalue weighted by Gasteiger charge is -2.26. The summed E-state index contributed by atoms with van der Waals surface area (Å²) in [5, 5.41) is 19.5. The van der Waals surface area contributed by atoms with E-state index in [4.69, 9.17) is 14.1 Å². The number of benzene rings is 3. The third-order valence-corrected chi connectivity index (χ3v) is 6.01. The first-order valence-corrected chi connectivity index (χ1v) is 10.7. The standard InChI is InChI=1S/C26H23N3O5/c1-29(2)19-9-4-16(5-10-19)14-21-24(17-6-13-22-23(15-17)28-34-27-22)25(30)33-26(21,31)18-7-11-20(32-3)12-8-18/h4-13,15,31H,14H2,1-3H3. The quantitative estimate of drug-likeness (QED) is 0.438. The number of carbonyl (C=O) groups is 1. The molecule has 1 unspecified atom stereocenters. The van der Waals surface area contributed by atoms with E-state index >= 15 is 0 Å². The van der Waals surface area contributed by atoms with E-state index in [9.17, 15) is 9.90 Å². The van der Waals surface area contributed by atoms with Crippen LogP contribution < -0.4 is 9.64 Å². The normalized spacial score (nSPS) is 17.8. The van der Waals surface area contributed by atoms with Crippen molar-refractivity contribution in [1.82, 2.24) is 10.3 Å². The maximum atomic E-state index is 13.2. The lowest BCUT2D eigenvalue weighted by atomic mass is 9.88. The highest BCUT2D eigenvalue weighted by molar-refractivity contribution is 6.20. The molecule has 0 fully saturated rings. The Morgan fingerprint density at radius 1 is 0.971 bits per heavy atom. The minimum absolute atomic E-state index is 0.292. The summed E-state index contributed by atoms with van der Waals surface area (Å²) in [6.45, 7) is 0. The van der Waals surface area contributed by atoms with Crippen molar-refractivity contribution in [3.63, 3.8) is 0 Å². The zero-order chi connectivity index (χ0) is 23.9. The van der Waals surface area contributed by atoms with Crippen molar-refractivity contribution in [1.29, 1.82) is 0 Å². The van der Waals surface area contributed by atoms with Gasteiger partial charge in [-0.05, 0) is 70.0 Å². The number of carbonyl (C=O) groups excluding carboxylic acids is 1. The van der Waals surface area contributed by atoms with Crippen LogP contribution in [0.4, 0.5) is 5.69 Å². The van der Waals surface area contributed by atoms with Crippen molar-refractivity contribution in [2.75, 3.05) is 26.1 Å². The molecule has 1 aromatic heterocycles. The van der Waals surface area contributed by atoms with Gasteiger partial charge < -0.3 is 19.5 Å². The van der Waals surface area contributed by atoms with Crippen LogP contribution in [0.3, 0.4) is 0 Å². The molecular formula is C26H23N3O5. The van der Waals surface area contributed by atoms with Crippen LogP contribution in [0.15, 0.2) is 76.9 Å². The van der Waals surface area contributed by atoms with Crippen LogP contribution in [0.1, 0.15) is 16.7 Å². The highest BCUT2D eigenvalue weighted by Crippen LogP contribution is 2.45. The number of esters is 1. The van der Waals surface area contributed by atoms with Gasteiger partial charge in [0.2, 0.25) is 0 Å². The number of cyclic esters (lactones) is 1. The molecule has 172 valence electrons. The van der Waals surface area contributed by atoms with Crippen molar-refractivity contribution in [2.45, 2.75) is 12.2 Å². The summed E-state index contributed by atoms with van der Waals surface area (Å²) in [6, 6.07) is 19.9. The van der Waals surface area contributed by atoms with Crippen molar-refractivity contribution in [3.8, 4) is 5.75 Å². The Hall–Kier alpha value is -4.17. The zero-order valence-electron chi connectivity index (χ0n) is 19.0. The number of rotatable bonds is 6. The molecule has 1 aliphatic rings. The van der Waals surface area contributed by atoms with Gasteiger partial charge in [-0.2, -0.15) is 0 Å².